The van der Waals surface area contributed by atoms with Crippen LogP contribution < -0.4 is 5.32 Å². The molecule has 90 valence electrons. The summed E-state index contributed by atoms with van der Waals surface area (Å²) in [6.45, 7) is 5.27. The maximum absolute atomic E-state index is 8.82. The van der Waals surface area contributed by atoms with E-state index in [1.165, 1.54) is 30.4 Å². The Hall–Kier alpha value is -1.33. The van der Waals surface area contributed by atoms with Crippen LogP contribution in [0.15, 0.2) is 18.2 Å². The van der Waals surface area contributed by atoms with Crippen LogP contribution in [0.5, 0.6) is 0 Å². The molecule has 0 radical (unpaired) electrons. The molecule has 1 aliphatic carbocycles. The van der Waals surface area contributed by atoms with Crippen LogP contribution in [-0.2, 0) is 6.54 Å². The molecule has 2 rings (SSSR count). The molecule has 1 fully saturated rings. The number of nitriles is 1. The molecule has 17 heavy (non-hydrogen) atoms. The molecule has 1 atom stereocenters. The normalized spacial score (nSPS) is 17.2. The van der Waals surface area contributed by atoms with Gasteiger partial charge in [-0.1, -0.05) is 12.5 Å². The van der Waals surface area contributed by atoms with E-state index < -0.39 is 0 Å². The fourth-order valence-electron chi connectivity index (χ4n) is 2.34. The number of rotatable bonds is 4. The van der Waals surface area contributed by atoms with Gasteiger partial charge in [0.05, 0.1) is 11.6 Å². The number of hydrogen-bond donors (Lipinski definition) is 1. The maximum atomic E-state index is 8.82. The summed E-state index contributed by atoms with van der Waals surface area (Å²) in [5, 5.41) is 12.4. The smallest absolute Gasteiger partial charge is 0.0991 e. The number of nitrogens with one attached hydrogen (secondary N) is 1. The molecule has 0 aromatic heterocycles. The summed E-state index contributed by atoms with van der Waals surface area (Å²) >= 11 is 0. The first-order valence-electron chi connectivity index (χ1n) is 6.43. The summed E-state index contributed by atoms with van der Waals surface area (Å²) in [7, 11) is 0. The maximum Gasteiger partial charge on any atom is 0.0991 e. The lowest BCUT2D eigenvalue weighted by Gasteiger charge is -2.32. The van der Waals surface area contributed by atoms with Crippen LogP contribution in [0.1, 0.15) is 42.9 Å². The zero-order valence-electron chi connectivity index (χ0n) is 10.7. The van der Waals surface area contributed by atoms with E-state index in [1.807, 2.05) is 12.1 Å². The van der Waals surface area contributed by atoms with Crippen molar-refractivity contribution in [3.05, 3.63) is 34.9 Å². The Morgan fingerprint density at radius 1 is 1.47 bits per heavy atom. The van der Waals surface area contributed by atoms with Crippen molar-refractivity contribution in [3.63, 3.8) is 0 Å². The van der Waals surface area contributed by atoms with Gasteiger partial charge in [-0.25, -0.2) is 0 Å². The minimum absolute atomic E-state index is 0.610. The van der Waals surface area contributed by atoms with Crippen molar-refractivity contribution in [1.29, 1.82) is 5.26 Å². The molecule has 0 amide bonds. The highest BCUT2D eigenvalue weighted by molar-refractivity contribution is 5.37. The first kappa shape index (κ1) is 12.1. The molecule has 1 aliphatic rings. The summed E-state index contributed by atoms with van der Waals surface area (Å²) in [5.74, 6) is 0.869. The summed E-state index contributed by atoms with van der Waals surface area (Å²) in [6, 6.07) is 8.71. The summed E-state index contributed by atoms with van der Waals surface area (Å²) in [4.78, 5) is 0. The molecule has 1 aromatic carbocycles. The van der Waals surface area contributed by atoms with Gasteiger partial charge in [0.2, 0.25) is 0 Å². The standard InChI is InChI=1S/C15H20N2/c1-11-8-13(9-16)6-7-15(11)10-17-12(2)14-4-3-5-14/h6-8,12,14,17H,3-5,10H2,1-2H3. The lowest BCUT2D eigenvalue weighted by molar-refractivity contribution is 0.240. The summed E-state index contributed by atoms with van der Waals surface area (Å²) in [6.07, 6.45) is 4.15. The van der Waals surface area contributed by atoms with E-state index in [9.17, 15) is 0 Å². The van der Waals surface area contributed by atoms with Gasteiger partial charge in [-0.3, -0.25) is 0 Å². The predicted octanol–water partition coefficient (Wildman–Crippen LogP) is 3.14. The van der Waals surface area contributed by atoms with Crippen LogP contribution >= 0.6 is 0 Å². The second-order valence-electron chi connectivity index (χ2n) is 5.11. The Bertz CT molecular complexity index is 427. The monoisotopic (exact) mass is 228 g/mol. The van der Waals surface area contributed by atoms with Crippen LogP contribution in [0.4, 0.5) is 0 Å². The number of aryl methyl sites for hydroxylation is 1. The molecular weight excluding hydrogens is 208 g/mol. The van der Waals surface area contributed by atoms with Crippen molar-refractivity contribution in [3.8, 4) is 6.07 Å². The SMILES string of the molecule is Cc1cc(C#N)ccc1CNC(C)C1CCC1. The van der Waals surface area contributed by atoms with Crippen molar-refractivity contribution < 1.29 is 0 Å². The Labute approximate surface area is 104 Å². The first-order valence-corrected chi connectivity index (χ1v) is 6.43. The average Bonchev–Trinajstić information content (AvgIpc) is 2.25. The Morgan fingerprint density at radius 2 is 2.24 bits per heavy atom. The largest absolute Gasteiger partial charge is 0.310 e. The van der Waals surface area contributed by atoms with Crippen molar-refractivity contribution in [2.75, 3.05) is 0 Å². The highest BCUT2D eigenvalue weighted by atomic mass is 14.9. The Balaban J connectivity index is 1.92. The van der Waals surface area contributed by atoms with Crippen LogP contribution in [-0.4, -0.2) is 6.04 Å². The predicted molar refractivity (Wildman–Crippen MR) is 69.5 cm³/mol. The van der Waals surface area contributed by atoms with Gasteiger partial charge in [0.25, 0.3) is 0 Å². The van der Waals surface area contributed by atoms with E-state index in [1.54, 1.807) is 0 Å². The van der Waals surface area contributed by atoms with Crippen molar-refractivity contribution in [2.24, 2.45) is 5.92 Å². The van der Waals surface area contributed by atoms with Crippen LogP contribution in [0.2, 0.25) is 0 Å². The minimum Gasteiger partial charge on any atom is -0.310 e. The molecule has 0 saturated heterocycles. The third-order valence-corrected chi connectivity index (χ3v) is 3.94. The molecule has 0 bridgehead atoms. The van der Waals surface area contributed by atoms with E-state index in [4.69, 9.17) is 5.26 Å². The van der Waals surface area contributed by atoms with Gasteiger partial charge in [-0.15, -0.1) is 0 Å². The second kappa shape index (κ2) is 5.33. The molecule has 1 saturated carbocycles. The highest BCUT2D eigenvalue weighted by Crippen LogP contribution is 2.29. The third kappa shape index (κ3) is 2.87. The topological polar surface area (TPSA) is 35.8 Å². The van der Waals surface area contributed by atoms with E-state index in [0.29, 0.717) is 6.04 Å². The molecule has 1 N–H and O–H groups in total. The van der Waals surface area contributed by atoms with E-state index in [0.717, 1.165) is 18.0 Å². The summed E-state index contributed by atoms with van der Waals surface area (Å²) < 4.78 is 0. The van der Waals surface area contributed by atoms with Gasteiger partial charge >= 0.3 is 0 Å². The molecule has 0 aliphatic heterocycles. The molecule has 0 heterocycles. The third-order valence-electron chi connectivity index (χ3n) is 3.94. The van der Waals surface area contributed by atoms with Gasteiger partial charge in [-0.05, 0) is 55.9 Å². The lowest BCUT2D eigenvalue weighted by Crippen LogP contribution is -2.36. The Kier molecular flexibility index (Phi) is 3.81. The van der Waals surface area contributed by atoms with Crippen molar-refractivity contribution in [2.45, 2.75) is 45.7 Å². The van der Waals surface area contributed by atoms with Crippen LogP contribution in [0, 0.1) is 24.2 Å². The molecule has 0 spiro atoms. The van der Waals surface area contributed by atoms with Crippen molar-refractivity contribution in [1.82, 2.24) is 5.32 Å². The number of benzene rings is 1. The van der Waals surface area contributed by atoms with Gasteiger partial charge in [0.1, 0.15) is 0 Å². The van der Waals surface area contributed by atoms with Crippen LogP contribution in [0.3, 0.4) is 0 Å². The molecule has 1 unspecified atom stereocenters. The molecule has 2 nitrogen and oxygen atoms in total. The minimum atomic E-state index is 0.610. The van der Waals surface area contributed by atoms with Gasteiger partial charge < -0.3 is 5.32 Å². The first-order chi connectivity index (χ1) is 8.20. The van der Waals surface area contributed by atoms with Crippen molar-refractivity contribution >= 4 is 0 Å². The summed E-state index contributed by atoms with van der Waals surface area (Å²) in [5.41, 5.74) is 3.26. The molecule has 1 aromatic rings. The van der Waals surface area contributed by atoms with E-state index in [2.05, 4.69) is 31.3 Å². The van der Waals surface area contributed by atoms with Gasteiger partial charge in [0, 0.05) is 12.6 Å². The quantitative estimate of drug-likeness (QED) is 0.859. The van der Waals surface area contributed by atoms with E-state index >= 15 is 0 Å². The lowest BCUT2D eigenvalue weighted by atomic mass is 9.80. The second-order valence-corrected chi connectivity index (χ2v) is 5.11. The number of hydrogen-bond acceptors (Lipinski definition) is 2. The highest BCUT2D eigenvalue weighted by Gasteiger charge is 2.23. The fraction of sp³-hybridized carbons (Fsp3) is 0.533. The molecular formula is C15H20N2. The zero-order valence-corrected chi connectivity index (χ0v) is 10.7. The fourth-order valence-corrected chi connectivity index (χ4v) is 2.34. The molecule has 2 heteroatoms. The number of nitrogens with zero attached hydrogens (tertiary/aromatic N) is 1. The Morgan fingerprint density at radius 3 is 2.76 bits per heavy atom. The van der Waals surface area contributed by atoms with E-state index in [-0.39, 0.29) is 0 Å². The average molecular weight is 228 g/mol. The zero-order chi connectivity index (χ0) is 12.3. The van der Waals surface area contributed by atoms with Gasteiger partial charge in [-0.2, -0.15) is 5.26 Å². The van der Waals surface area contributed by atoms with Gasteiger partial charge in [0.15, 0.2) is 0 Å². The van der Waals surface area contributed by atoms with Crippen LogP contribution in [0.25, 0.3) is 0 Å².